The third kappa shape index (κ3) is 1.33. The predicted octanol–water partition coefficient (Wildman–Crippen LogP) is 2.62. The lowest BCUT2D eigenvalue weighted by atomic mass is 9.81. The van der Waals surface area contributed by atoms with Crippen LogP contribution in [0.25, 0.3) is 0 Å². The van der Waals surface area contributed by atoms with E-state index in [1.165, 1.54) is 11.1 Å². The van der Waals surface area contributed by atoms with Crippen molar-refractivity contribution in [3.8, 4) is 0 Å². The van der Waals surface area contributed by atoms with Gasteiger partial charge in [0.05, 0.1) is 12.2 Å². The molecule has 2 nitrogen and oxygen atoms in total. The molecule has 1 aromatic carbocycles. The molecular weight excluding hydrogens is 222 g/mol. The number of fused-ring (bicyclic) bond motifs is 3. The van der Waals surface area contributed by atoms with Gasteiger partial charge in [0.15, 0.2) is 0 Å². The van der Waals surface area contributed by atoms with Crippen molar-refractivity contribution in [2.24, 2.45) is 0 Å². The summed E-state index contributed by atoms with van der Waals surface area (Å²) in [4.78, 5) is 0. The molecule has 0 aromatic heterocycles. The fourth-order valence-corrected chi connectivity index (χ4v) is 3.08. The third-order valence-corrected chi connectivity index (χ3v) is 4.48. The molecule has 0 aliphatic carbocycles. The van der Waals surface area contributed by atoms with E-state index in [1.807, 2.05) is 6.92 Å². The van der Waals surface area contributed by atoms with Gasteiger partial charge in [-0.15, -0.1) is 0 Å². The first-order valence-electron chi connectivity index (χ1n) is 5.74. The molecule has 1 aromatic rings. The van der Waals surface area contributed by atoms with Gasteiger partial charge in [-0.25, -0.2) is 0 Å². The number of hydrogen-bond acceptors (Lipinski definition) is 2. The quantitative estimate of drug-likeness (QED) is 0.749. The molecule has 0 spiro atoms. The van der Waals surface area contributed by atoms with Gasteiger partial charge < -0.3 is 10.1 Å². The van der Waals surface area contributed by atoms with Crippen molar-refractivity contribution in [1.29, 1.82) is 0 Å². The minimum atomic E-state index is -0.0500. The summed E-state index contributed by atoms with van der Waals surface area (Å²) in [6, 6.07) is 4.33. The molecule has 0 amide bonds. The monoisotopic (exact) mass is 237 g/mol. The van der Waals surface area contributed by atoms with Crippen LogP contribution >= 0.6 is 11.6 Å². The smallest absolute Gasteiger partial charge is 0.0863 e. The van der Waals surface area contributed by atoms with E-state index in [-0.39, 0.29) is 5.60 Å². The molecule has 1 fully saturated rings. The lowest BCUT2D eigenvalue weighted by Crippen LogP contribution is -2.39. The highest BCUT2D eigenvalue weighted by Crippen LogP contribution is 2.43. The van der Waals surface area contributed by atoms with Crippen LogP contribution in [0.3, 0.4) is 0 Å². The maximum atomic E-state index is 6.35. The van der Waals surface area contributed by atoms with Gasteiger partial charge in [-0.2, -0.15) is 0 Å². The molecular formula is C13H16ClNO. The standard InChI is InChI=1S/C13H16ClNO/c1-8-3-4-9-10(12(8)14)6-16-13(2)7-15-5-11(9)13/h3-4,11,15H,5-7H2,1-2H3/t11?,13-/m0/s1. The maximum absolute atomic E-state index is 6.35. The average molecular weight is 238 g/mol. The maximum Gasteiger partial charge on any atom is 0.0863 e. The second-order valence-electron chi connectivity index (χ2n) is 5.05. The number of halogens is 1. The number of benzene rings is 1. The molecule has 1 saturated heterocycles. The van der Waals surface area contributed by atoms with Crippen LogP contribution < -0.4 is 5.32 Å². The van der Waals surface area contributed by atoms with E-state index >= 15 is 0 Å². The highest BCUT2D eigenvalue weighted by molar-refractivity contribution is 6.32. The summed E-state index contributed by atoms with van der Waals surface area (Å²) >= 11 is 6.35. The summed E-state index contributed by atoms with van der Waals surface area (Å²) in [5.74, 6) is 0.439. The van der Waals surface area contributed by atoms with Crippen LogP contribution in [0.5, 0.6) is 0 Å². The highest BCUT2D eigenvalue weighted by atomic mass is 35.5. The lowest BCUT2D eigenvalue weighted by Gasteiger charge is -2.37. The van der Waals surface area contributed by atoms with Gasteiger partial charge in [0.2, 0.25) is 0 Å². The zero-order valence-corrected chi connectivity index (χ0v) is 10.4. The minimum Gasteiger partial charge on any atom is -0.369 e. The Morgan fingerprint density at radius 3 is 3.12 bits per heavy atom. The van der Waals surface area contributed by atoms with Crippen molar-refractivity contribution in [2.75, 3.05) is 13.1 Å². The Labute approximate surface area is 101 Å². The Morgan fingerprint density at radius 1 is 1.50 bits per heavy atom. The van der Waals surface area contributed by atoms with Crippen LogP contribution in [0.2, 0.25) is 5.02 Å². The zero-order chi connectivity index (χ0) is 11.3. The van der Waals surface area contributed by atoms with E-state index < -0.39 is 0 Å². The van der Waals surface area contributed by atoms with Gasteiger partial charge in [-0.1, -0.05) is 23.7 Å². The molecule has 16 heavy (non-hydrogen) atoms. The molecule has 2 aliphatic heterocycles. The molecule has 3 heteroatoms. The largest absolute Gasteiger partial charge is 0.369 e. The van der Waals surface area contributed by atoms with Crippen molar-refractivity contribution in [1.82, 2.24) is 5.32 Å². The summed E-state index contributed by atoms with van der Waals surface area (Å²) < 4.78 is 6.00. The zero-order valence-electron chi connectivity index (χ0n) is 9.64. The molecule has 0 radical (unpaired) electrons. The third-order valence-electron chi connectivity index (χ3n) is 3.96. The van der Waals surface area contributed by atoms with Crippen LogP contribution in [0.1, 0.15) is 29.5 Å². The molecule has 2 heterocycles. The molecule has 2 aliphatic rings. The number of ether oxygens (including phenoxy) is 1. The molecule has 0 bridgehead atoms. The van der Waals surface area contributed by atoms with Crippen molar-refractivity contribution in [3.05, 3.63) is 33.8 Å². The number of aryl methyl sites for hydroxylation is 1. The molecule has 1 unspecified atom stereocenters. The van der Waals surface area contributed by atoms with Gasteiger partial charge in [0.25, 0.3) is 0 Å². The van der Waals surface area contributed by atoms with Crippen LogP contribution in [-0.4, -0.2) is 18.7 Å². The fraction of sp³-hybridized carbons (Fsp3) is 0.538. The van der Waals surface area contributed by atoms with Crippen LogP contribution in [0.4, 0.5) is 0 Å². The summed E-state index contributed by atoms with van der Waals surface area (Å²) in [5.41, 5.74) is 3.65. The first-order chi connectivity index (χ1) is 7.62. The Kier molecular flexibility index (Phi) is 2.29. The van der Waals surface area contributed by atoms with E-state index in [4.69, 9.17) is 16.3 Å². The van der Waals surface area contributed by atoms with Crippen molar-refractivity contribution in [3.63, 3.8) is 0 Å². The van der Waals surface area contributed by atoms with Gasteiger partial charge in [-0.3, -0.25) is 0 Å². The van der Waals surface area contributed by atoms with E-state index in [1.54, 1.807) is 0 Å². The summed E-state index contributed by atoms with van der Waals surface area (Å²) in [6.45, 7) is 6.80. The first kappa shape index (κ1) is 10.6. The van der Waals surface area contributed by atoms with Crippen LogP contribution in [0, 0.1) is 6.92 Å². The average Bonchev–Trinajstić information content (AvgIpc) is 2.65. The lowest BCUT2D eigenvalue weighted by molar-refractivity contribution is -0.0517. The molecule has 3 rings (SSSR count). The number of nitrogens with one attached hydrogen (secondary N) is 1. The number of hydrogen-bond donors (Lipinski definition) is 1. The normalized spacial score (nSPS) is 32.3. The van der Waals surface area contributed by atoms with Crippen LogP contribution in [-0.2, 0) is 11.3 Å². The molecule has 2 atom stereocenters. The van der Waals surface area contributed by atoms with E-state index in [0.29, 0.717) is 12.5 Å². The Morgan fingerprint density at radius 2 is 2.31 bits per heavy atom. The van der Waals surface area contributed by atoms with Gasteiger partial charge in [-0.05, 0) is 25.0 Å². The molecule has 1 N–H and O–H groups in total. The second kappa shape index (κ2) is 3.46. The van der Waals surface area contributed by atoms with E-state index in [2.05, 4.69) is 24.4 Å². The number of rotatable bonds is 0. The molecule has 0 saturated carbocycles. The van der Waals surface area contributed by atoms with Crippen molar-refractivity contribution >= 4 is 11.6 Å². The van der Waals surface area contributed by atoms with E-state index in [9.17, 15) is 0 Å². The SMILES string of the molecule is Cc1ccc2c(c1Cl)CO[C@@]1(C)CNCC21. The fourth-order valence-electron chi connectivity index (χ4n) is 2.86. The predicted molar refractivity (Wildman–Crippen MR) is 65.0 cm³/mol. The van der Waals surface area contributed by atoms with Gasteiger partial charge >= 0.3 is 0 Å². The van der Waals surface area contributed by atoms with Crippen molar-refractivity contribution in [2.45, 2.75) is 32.0 Å². The minimum absolute atomic E-state index is 0.0500. The Hall–Kier alpha value is -0.570. The topological polar surface area (TPSA) is 21.3 Å². The molecule has 86 valence electrons. The Bertz CT molecular complexity index is 446. The Balaban J connectivity index is 2.14. The van der Waals surface area contributed by atoms with Gasteiger partial charge in [0, 0.05) is 29.6 Å². The van der Waals surface area contributed by atoms with Crippen molar-refractivity contribution < 1.29 is 4.74 Å². The first-order valence-corrected chi connectivity index (χ1v) is 6.12. The summed E-state index contributed by atoms with van der Waals surface area (Å²) in [7, 11) is 0. The van der Waals surface area contributed by atoms with E-state index in [0.717, 1.165) is 23.7 Å². The van der Waals surface area contributed by atoms with Crippen LogP contribution in [0.15, 0.2) is 12.1 Å². The summed E-state index contributed by atoms with van der Waals surface area (Å²) in [5, 5.41) is 4.29. The highest BCUT2D eigenvalue weighted by Gasteiger charge is 2.44. The second-order valence-corrected chi connectivity index (χ2v) is 5.43. The summed E-state index contributed by atoms with van der Waals surface area (Å²) in [6.07, 6.45) is 0. The van der Waals surface area contributed by atoms with Gasteiger partial charge in [0.1, 0.15) is 0 Å².